The van der Waals surface area contributed by atoms with Gasteiger partial charge in [-0.3, -0.25) is 0 Å². The topological polar surface area (TPSA) is 38.9 Å². The molecular formula is C9H9ClN2S. The van der Waals surface area contributed by atoms with Gasteiger partial charge in [-0.1, -0.05) is 17.7 Å². The van der Waals surface area contributed by atoms with Gasteiger partial charge in [0, 0.05) is 0 Å². The lowest BCUT2D eigenvalue weighted by Gasteiger charge is -1.95. The highest BCUT2D eigenvalue weighted by Gasteiger charge is 2.08. The van der Waals surface area contributed by atoms with Crippen LogP contribution in [0.15, 0.2) is 18.2 Å². The van der Waals surface area contributed by atoms with Crippen LogP contribution in [0.5, 0.6) is 0 Å². The molecule has 1 aromatic heterocycles. The molecule has 0 aliphatic heterocycles. The third-order valence-corrected chi connectivity index (χ3v) is 3.51. The summed E-state index contributed by atoms with van der Waals surface area (Å²) in [6.07, 6.45) is 0. The molecule has 2 aromatic rings. The van der Waals surface area contributed by atoms with Crippen molar-refractivity contribution in [2.24, 2.45) is 5.73 Å². The van der Waals surface area contributed by atoms with Crippen LogP contribution in [0.1, 0.15) is 18.0 Å². The molecule has 0 saturated heterocycles. The van der Waals surface area contributed by atoms with Crippen molar-refractivity contribution in [2.45, 2.75) is 13.0 Å². The summed E-state index contributed by atoms with van der Waals surface area (Å²) in [6.45, 7) is 1.92. The van der Waals surface area contributed by atoms with Crippen LogP contribution in [0.4, 0.5) is 0 Å². The lowest BCUT2D eigenvalue weighted by Crippen LogP contribution is -2.03. The van der Waals surface area contributed by atoms with Crippen LogP contribution in [0, 0.1) is 0 Å². The van der Waals surface area contributed by atoms with Crippen molar-refractivity contribution >= 4 is 33.2 Å². The molecular weight excluding hydrogens is 204 g/mol. The quantitative estimate of drug-likeness (QED) is 0.790. The van der Waals surface area contributed by atoms with Gasteiger partial charge in [0.25, 0.3) is 0 Å². The van der Waals surface area contributed by atoms with Gasteiger partial charge in [-0.2, -0.15) is 0 Å². The first-order valence-electron chi connectivity index (χ1n) is 3.99. The Morgan fingerprint density at radius 2 is 2.31 bits per heavy atom. The Morgan fingerprint density at radius 3 is 2.92 bits per heavy atom. The zero-order valence-electron chi connectivity index (χ0n) is 7.12. The van der Waals surface area contributed by atoms with Gasteiger partial charge in [-0.05, 0) is 19.1 Å². The monoisotopic (exact) mass is 212 g/mol. The van der Waals surface area contributed by atoms with Gasteiger partial charge >= 0.3 is 0 Å². The normalized spacial score (nSPS) is 13.5. The predicted octanol–water partition coefficient (Wildman–Crippen LogP) is 2.97. The first-order chi connectivity index (χ1) is 6.18. The standard InChI is InChI=1S/C9H9ClN2S/c1-5(11)9-12-7-4-2-3-6(10)8(7)13-9/h2-5H,11H2,1H3. The number of nitrogens with two attached hydrogens (primary N) is 1. The summed E-state index contributed by atoms with van der Waals surface area (Å²) in [5.41, 5.74) is 6.67. The van der Waals surface area contributed by atoms with E-state index < -0.39 is 0 Å². The molecule has 0 bridgehead atoms. The molecule has 0 aliphatic rings. The number of thiazole rings is 1. The SMILES string of the molecule is CC(N)c1nc2cccc(Cl)c2s1. The summed E-state index contributed by atoms with van der Waals surface area (Å²) >= 11 is 7.57. The first kappa shape index (κ1) is 8.94. The molecule has 0 fully saturated rings. The Bertz CT molecular complexity index is 436. The maximum Gasteiger partial charge on any atom is 0.110 e. The highest BCUT2D eigenvalue weighted by atomic mass is 35.5. The van der Waals surface area contributed by atoms with Gasteiger partial charge in [0.15, 0.2) is 0 Å². The maximum atomic E-state index is 6.00. The fourth-order valence-electron chi connectivity index (χ4n) is 1.13. The summed E-state index contributed by atoms with van der Waals surface area (Å²) in [5.74, 6) is 0. The molecule has 0 spiro atoms. The summed E-state index contributed by atoms with van der Waals surface area (Å²) in [6, 6.07) is 5.69. The van der Waals surface area contributed by atoms with E-state index in [1.165, 1.54) is 0 Å². The highest BCUT2D eigenvalue weighted by Crippen LogP contribution is 2.30. The maximum absolute atomic E-state index is 6.00. The smallest absolute Gasteiger partial charge is 0.110 e. The van der Waals surface area contributed by atoms with E-state index in [0.717, 1.165) is 20.2 Å². The molecule has 2 nitrogen and oxygen atoms in total. The minimum absolute atomic E-state index is 0.0199. The third kappa shape index (κ3) is 1.55. The van der Waals surface area contributed by atoms with Crippen molar-refractivity contribution in [3.63, 3.8) is 0 Å². The van der Waals surface area contributed by atoms with Crippen molar-refractivity contribution in [3.8, 4) is 0 Å². The Kier molecular flexibility index (Phi) is 2.24. The largest absolute Gasteiger partial charge is 0.322 e. The van der Waals surface area contributed by atoms with Gasteiger partial charge < -0.3 is 5.73 Å². The molecule has 1 atom stereocenters. The molecule has 1 unspecified atom stereocenters. The summed E-state index contributed by atoms with van der Waals surface area (Å²) in [4.78, 5) is 4.38. The third-order valence-electron chi connectivity index (χ3n) is 1.77. The van der Waals surface area contributed by atoms with Crippen LogP contribution in [0.2, 0.25) is 5.02 Å². The summed E-state index contributed by atoms with van der Waals surface area (Å²) < 4.78 is 1.02. The molecule has 0 saturated carbocycles. The van der Waals surface area contributed by atoms with Crippen molar-refractivity contribution in [1.29, 1.82) is 0 Å². The minimum atomic E-state index is -0.0199. The molecule has 2 rings (SSSR count). The number of hydrogen-bond donors (Lipinski definition) is 1. The van der Waals surface area contributed by atoms with Gasteiger partial charge in [0.05, 0.1) is 21.3 Å². The number of rotatable bonds is 1. The zero-order chi connectivity index (χ0) is 9.42. The van der Waals surface area contributed by atoms with Crippen molar-refractivity contribution in [2.75, 3.05) is 0 Å². The van der Waals surface area contributed by atoms with Crippen LogP contribution in [-0.4, -0.2) is 4.98 Å². The zero-order valence-corrected chi connectivity index (χ0v) is 8.69. The lowest BCUT2D eigenvalue weighted by atomic mass is 10.3. The molecule has 4 heteroatoms. The predicted molar refractivity (Wildman–Crippen MR) is 57.2 cm³/mol. The Labute approximate surface area is 85.3 Å². The number of benzene rings is 1. The van der Waals surface area contributed by atoms with Crippen LogP contribution in [-0.2, 0) is 0 Å². The molecule has 2 N–H and O–H groups in total. The molecule has 0 aliphatic carbocycles. The lowest BCUT2D eigenvalue weighted by molar-refractivity contribution is 0.810. The molecule has 1 aromatic carbocycles. The number of fused-ring (bicyclic) bond motifs is 1. The fraction of sp³-hybridized carbons (Fsp3) is 0.222. The van der Waals surface area contributed by atoms with Gasteiger partial charge in [0.2, 0.25) is 0 Å². The van der Waals surface area contributed by atoms with E-state index in [1.807, 2.05) is 25.1 Å². The fourth-order valence-corrected chi connectivity index (χ4v) is 2.34. The summed E-state index contributed by atoms with van der Waals surface area (Å²) in [7, 11) is 0. The van der Waals surface area contributed by atoms with E-state index in [0.29, 0.717) is 0 Å². The van der Waals surface area contributed by atoms with E-state index in [4.69, 9.17) is 17.3 Å². The number of halogens is 1. The van der Waals surface area contributed by atoms with Gasteiger partial charge in [-0.25, -0.2) is 4.98 Å². The first-order valence-corrected chi connectivity index (χ1v) is 5.18. The molecule has 0 amide bonds. The number of hydrogen-bond acceptors (Lipinski definition) is 3. The van der Waals surface area contributed by atoms with E-state index >= 15 is 0 Å². The minimum Gasteiger partial charge on any atom is -0.322 e. The molecule has 13 heavy (non-hydrogen) atoms. The molecule has 1 heterocycles. The second-order valence-corrected chi connectivity index (χ2v) is 4.37. The average molecular weight is 213 g/mol. The van der Waals surface area contributed by atoms with E-state index in [-0.39, 0.29) is 6.04 Å². The second kappa shape index (κ2) is 3.25. The second-order valence-electron chi connectivity index (χ2n) is 2.93. The Balaban J connectivity index is 2.68. The summed E-state index contributed by atoms with van der Waals surface area (Å²) in [5, 5.41) is 1.69. The number of nitrogens with zero attached hydrogens (tertiary/aromatic N) is 1. The average Bonchev–Trinajstić information content (AvgIpc) is 2.49. The van der Waals surface area contributed by atoms with Crippen LogP contribution in [0.3, 0.4) is 0 Å². The Hall–Kier alpha value is -0.640. The van der Waals surface area contributed by atoms with Crippen molar-refractivity contribution < 1.29 is 0 Å². The van der Waals surface area contributed by atoms with E-state index in [1.54, 1.807) is 11.3 Å². The van der Waals surface area contributed by atoms with E-state index in [9.17, 15) is 0 Å². The molecule has 0 radical (unpaired) electrons. The van der Waals surface area contributed by atoms with Crippen LogP contribution in [0.25, 0.3) is 10.2 Å². The Morgan fingerprint density at radius 1 is 1.54 bits per heavy atom. The van der Waals surface area contributed by atoms with Gasteiger partial charge in [-0.15, -0.1) is 11.3 Å². The van der Waals surface area contributed by atoms with Crippen LogP contribution >= 0.6 is 22.9 Å². The number of aromatic nitrogens is 1. The van der Waals surface area contributed by atoms with Crippen molar-refractivity contribution in [3.05, 3.63) is 28.2 Å². The van der Waals surface area contributed by atoms with E-state index in [2.05, 4.69) is 4.98 Å². The highest BCUT2D eigenvalue weighted by molar-refractivity contribution is 7.19. The van der Waals surface area contributed by atoms with Gasteiger partial charge in [0.1, 0.15) is 5.01 Å². The van der Waals surface area contributed by atoms with Crippen LogP contribution < -0.4 is 5.73 Å². The molecule has 68 valence electrons. The van der Waals surface area contributed by atoms with Crippen molar-refractivity contribution in [1.82, 2.24) is 4.98 Å².